The predicted molar refractivity (Wildman–Crippen MR) is 75.4 cm³/mol. The number of carboxylic acids is 1. The molecule has 0 saturated heterocycles. The Labute approximate surface area is 120 Å². The fourth-order valence-electron chi connectivity index (χ4n) is 2.66. The maximum atomic E-state index is 12.0. The maximum Gasteiger partial charge on any atom is 0.304 e. The third-order valence-electron chi connectivity index (χ3n) is 3.88. The van der Waals surface area contributed by atoms with Gasteiger partial charge in [-0.15, -0.1) is 0 Å². The zero-order valence-electron chi connectivity index (χ0n) is 12.2. The molecule has 0 aromatic heterocycles. The lowest BCUT2D eigenvalue weighted by atomic mass is 10.2. The fraction of sp³-hybridized carbons (Fsp3) is 0.857. The Morgan fingerprint density at radius 2 is 2.00 bits per heavy atom. The number of rotatable bonds is 9. The molecule has 6 nitrogen and oxygen atoms in total. The van der Waals surface area contributed by atoms with Gasteiger partial charge in [0.1, 0.15) is 0 Å². The van der Waals surface area contributed by atoms with Gasteiger partial charge in [0, 0.05) is 18.6 Å². The van der Waals surface area contributed by atoms with Crippen LogP contribution in [0.15, 0.2) is 0 Å². The Bertz CT molecular complexity index is 312. The molecular formula is C14H26N2O4. The quantitative estimate of drug-likeness (QED) is 0.577. The average Bonchev–Trinajstić information content (AvgIpc) is 2.89. The molecule has 1 fully saturated rings. The van der Waals surface area contributed by atoms with Gasteiger partial charge in [0.2, 0.25) is 5.91 Å². The summed E-state index contributed by atoms with van der Waals surface area (Å²) < 4.78 is 0. The lowest BCUT2D eigenvalue weighted by Crippen LogP contribution is -2.47. The standard InChI is InChI=1S/C14H26N2O4/c1-2-12(10-17)16(8-7-14(19)20)9-13(18)15-11-5-3-4-6-11/h11-12,17H,2-10H2,1H3,(H,15,18)(H,19,20). The molecule has 1 amide bonds. The number of amides is 1. The van der Waals surface area contributed by atoms with Crippen LogP contribution < -0.4 is 5.32 Å². The molecule has 1 atom stereocenters. The maximum absolute atomic E-state index is 12.0. The second-order valence-electron chi connectivity index (χ2n) is 5.41. The third-order valence-corrected chi connectivity index (χ3v) is 3.88. The summed E-state index contributed by atoms with van der Waals surface area (Å²) in [6.45, 7) is 2.30. The van der Waals surface area contributed by atoms with Crippen molar-refractivity contribution in [1.82, 2.24) is 10.2 Å². The van der Waals surface area contributed by atoms with Crippen molar-refractivity contribution >= 4 is 11.9 Å². The van der Waals surface area contributed by atoms with E-state index in [1.165, 1.54) is 0 Å². The Kier molecular flexibility index (Phi) is 7.54. The summed E-state index contributed by atoms with van der Waals surface area (Å²) in [6.07, 6.45) is 5.03. The van der Waals surface area contributed by atoms with E-state index in [0.29, 0.717) is 6.42 Å². The number of carbonyl (C=O) groups excluding carboxylic acids is 1. The van der Waals surface area contributed by atoms with Crippen LogP contribution in [0.1, 0.15) is 45.4 Å². The smallest absolute Gasteiger partial charge is 0.304 e. The SMILES string of the molecule is CCC(CO)N(CCC(=O)O)CC(=O)NC1CCCC1. The molecule has 3 N–H and O–H groups in total. The van der Waals surface area contributed by atoms with E-state index in [2.05, 4.69) is 5.32 Å². The Balaban J connectivity index is 2.48. The number of hydrogen-bond acceptors (Lipinski definition) is 4. The van der Waals surface area contributed by atoms with Crippen LogP contribution in [0.3, 0.4) is 0 Å². The lowest BCUT2D eigenvalue weighted by Gasteiger charge is -2.29. The van der Waals surface area contributed by atoms with E-state index < -0.39 is 5.97 Å². The van der Waals surface area contributed by atoms with Crippen molar-refractivity contribution in [2.24, 2.45) is 0 Å². The highest BCUT2D eigenvalue weighted by Gasteiger charge is 2.22. The van der Waals surface area contributed by atoms with E-state index in [-0.39, 0.29) is 44.1 Å². The van der Waals surface area contributed by atoms with Crippen molar-refractivity contribution in [3.63, 3.8) is 0 Å². The molecule has 1 unspecified atom stereocenters. The van der Waals surface area contributed by atoms with Crippen LogP contribution in [0.4, 0.5) is 0 Å². The van der Waals surface area contributed by atoms with Crippen LogP contribution >= 0.6 is 0 Å². The highest BCUT2D eigenvalue weighted by Crippen LogP contribution is 2.17. The zero-order valence-corrected chi connectivity index (χ0v) is 12.2. The van der Waals surface area contributed by atoms with Crippen molar-refractivity contribution in [2.45, 2.75) is 57.5 Å². The van der Waals surface area contributed by atoms with Gasteiger partial charge in [0.25, 0.3) is 0 Å². The van der Waals surface area contributed by atoms with Gasteiger partial charge in [0.15, 0.2) is 0 Å². The number of aliphatic hydroxyl groups excluding tert-OH is 1. The molecule has 0 bridgehead atoms. The van der Waals surface area contributed by atoms with Crippen LogP contribution in [-0.4, -0.2) is 58.8 Å². The van der Waals surface area contributed by atoms with Gasteiger partial charge < -0.3 is 15.5 Å². The molecule has 0 aromatic rings. The van der Waals surface area contributed by atoms with E-state index in [1.54, 1.807) is 4.90 Å². The molecule has 1 saturated carbocycles. The van der Waals surface area contributed by atoms with E-state index in [1.807, 2.05) is 6.92 Å². The normalized spacial score (nSPS) is 17.4. The molecule has 1 aliphatic carbocycles. The molecule has 0 radical (unpaired) electrons. The summed E-state index contributed by atoms with van der Waals surface area (Å²) in [5.74, 6) is -0.965. The summed E-state index contributed by atoms with van der Waals surface area (Å²) in [7, 11) is 0. The first-order valence-electron chi connectivity index (χ1n) is 7.42. The Morgan fingerprint density at radius 3 is 2.50 bits per heavy atom. The number of aliphatic carboxylic acids is 1. The van der Waals surface area contributed by atoms with E-state index in [9.17, 15) is 14.7 Å². The molecule has 0 heterocycles. The molecule has 1 aliphatic rings. The first-order chi connectivity index (χ1) is 9.56. The van der Waals surface area contributed by atoms with Crippen LogP contribution in [0.5, 0.6) is 0 Å². The first kappa shape index (κ1) is 16.9. The van der Waals surface area contributed by atoms with Crippen LogP contribution in [-0.2, 0) is 9.59 Å². The second-order valence-corrected chi connectivity index (χ2v) is 5.41. The number of nitrogens with one attached hydrogen (secondary N) is 1. The van der Waals surface area contributed by atoms with Gasteiger partial charge in [-0.25, -0.2) is 0 Å². The molecule has 0 aliphatic heterocycles. The topological polar surface area (TPSA) is 89.9 Å². The Morgan fingerprint density at radius 1 is 1.35 bits per heavy atom. The summed E-state index contributed by atoms with van der Waals surface area (Å²) in [5.41, 5.74) is 0. The molecular weight excluding hydrogens is 260 g/mol. The van der Waals surface area contributed by atoms with Crippen molar-refractivity contribution < 1.29 is 19.8 Å². The van der Waals surface area contributed by atoms with Gasteiger partial charge in [-0.2, -0.15) is 0 Å². The Hall–Kier alpha value is -1.14. The third kappa shape index (κ3) is 5.88. The summed E-state index contributed by atoms with van der Waals surface area (Å²) in [4.78, 5) is 24.4. The molecule has 1 rings (SSSR count). The van der Waals surface area contributed by atoms with Crippen LogP contribution in [0, 0.1) is 0 Å². The lowest BCUT2D eigenvalue weighted by molar-refractivity contribution is -0.138. The van der Waals surface area contributed by atoms with E-state index in [4.69, 9.17) is 5.11 Å². The minimum atomic E-state index is -0.890. The van der Waals surface area contributed by atoms with Gasteiger partial charge in [-0.3, -0.25) is 14.5 Å². The summed E-state index contributed by atoms with van der Waals surface area (Å²) >= 11 is 0. The van der Waals surface area contributed by atoms with Crippen LogP contribution in [0.2, 0.25) is 0 Å². The number of hydrogen-bond donors (Lipinski definition) is 3. The fourth-order valence-corrected chi connectivity index (χ4v) is 2.66. The highest BCUT2D eigenvalue weighted by molar-refractivity contribution is 5.78. The molecule has 116 valence electrons. The largest absolute Gasteiger partial charge is 0.481 e. The van der Waals surface area contributed by atoms with Gasteiger partial charge in [0.05, 0.1) is 19.6 Å². The van der Waals surface area contributed by atoms with Crippen molar-refractivity contribution in [2.75, 3.05) is 19.7 Å². The number of carboxylic acid groups (broad SMARTS) is 1. The van der Waals surface area contributed by atoms with Crippen molar-refractivity contribution in [3.05, 3.63) is 0 Å². The summed E-state index contributed by atoms with van der Waals surface area (Å²) in [5, 5.41) is 21.1. The molecule has 0 aromatic carbocycles. The number of carbonyl (C=O) groups is 2. The number of aliphatic hydroxyl groups is 1. The molecule has 20 heavy (non-hydrogen) atoms. The molecule has 0 spiro atoms. The van der Waals surface area contributed by atoms with Gasteiger partial charge in [-0.1, -0.05) is 19.8 Å². The average molecular weight is 286 g/mol. The predicted octanol–water partition coefficient (Wildman–Crippen LogP) is 0.593. The molecule has 6 heteroatoms. The first-order valence-corrected chi connectivity index (χ1v) is 7.42. The monoisotopic (exact) mass is 286 g/mol. The highest BCUT2D eigenvalue weighted by atomic mass is 16.4. The van der Waals surface area contributed by atoms with Crippen molar-refractivity contribution in [3.8, 4) is 0 Å². The summed E-state index contributed by atoms with van der Waals surface area (Å²) in [6, 6.07) is 0.0988. The van der Waals surface area contributed by atoms with Gasteiger partial charge in [-0.05, 0) is 19.3 Å². The van der Waals surface area contributed by atoms with E-state index in [0.717, 1.165) is 25.7 Å². The number of nitrogens with zero attached hydrogens (tertiary/aromatic N) is 1. The minimum Gasteiger partial charge on any atom is -0.481 e. The second kappa shape index (κ2) is 8.92. The van der Waals surface area contributed by atoms with Gasteiger partial charge >= 0.3 is 5.97 Å². The van der Waals surface area contributed by atoms with Crippen LogP contribution in [0.25, 0.3) is 0 Å². The minimum absolute atomic E-state index is 0.0206. The van der Waals surface area contributed by atoms with Crippen molar-refractivity contribution in [1.29, 1.82) is 0 Å². The van der Waals surface area contributed by atoms with E-state index >= 15 is 0 Å². The zero-order chi connectivity index (χ0) is 15.0.